The first kappa shape index (κ1) is 44.9. The molecular weight excluding hydrogens is 846 g/mol. The number of hydrogen-bond donors (Lipinski definition) is 4. The van der Waals surface area contributed by atoms with E-state index in [1.54, 1.807) is 12.1 Å². The van der Waals surface area contributed by atoms with Crippen molar-refractivity contribution < 1.29 is 38.5 Å². The van der Waals surface area contributed by atoms with Crippen LogP contribution in [0.5, 0.6) is 11.5 Å². The lowest BCUT2D eigenvalue weighted by Crippen LogP contribution is -2.59. The first-order chi connectivity index (χ1) is 30.0. The van der Waals surface area contributed by atoms with Crippen LogP contribution in [0.1, 0.15) is 86.0 Å². The molecule has 4 N–H and O–H groups in total. The zero-order valence-electron chi connectivity index (χ0n) is 36.8. The van der Waals surface area contributed by atoms with Gasteiger partial charge < -0.3 is 40.2 Å². The fourth-order valence-corrected chi connectivity index (χ4v) is 10.6. The van der Waals surface area contributed by atoms with Crippen molar-refractivity contribution >= 4 is 62.8 Å². The summed E-state index contributed by atoms with van der Waals surface area (Å²) in [5, 5.41) is 22.7. The summed E-state index contributed by atoms with van der Waals surface area (Å²) in [7, 11) is 0. The summed E-state index contributed by atoms with van der Waals surface area (Å²) in [6, 6.07) is 3.38. The van der Waals surface area contributed by atoms with Crippen molar-refractivity contribution in [2.75, 3.05) is 38.1 Å². The van der Waals surface area contributed by atoms with E-state index < -0.39 is 58.9 Å². The number of ether oxygens (including phenoxy) is 3. The number of halogens is 1. The van der Waals surface area contributed by atoms with Crippen LogP contribution in [0.3, 0.4) is 0 Å². The molecule has 2 saturated heterocycles. The van der Waals surface area contributed by atoms with Crippen LogP contribution in [0.4, 0.5) is 9.93 Å². The van der Waals surface area contributed by atoms with Crippen molar-refractivity contribution in [3.63, 3.8) is 0 Å². The Bertz CT molecular complexity index is 2230. The van der Waals surface area contributed by atoms with Gasteiger partial charge in [0.2, 0.25) is 11.8 Å². The molecule has 4 heterocycles. The zero-order valence-corrected chi connectivity index (χ0v) is 38.4. The van der Waals surface area contributed by atoms with Crippen molar-refractivity contribution in [3.8, 4) is 22.9 Å². The minimum atomic E-state index is -1.53. The molecule has 5 fully saturated rings. The smallest absolute Gasteiger partial charge is 0.408 e. The Morgan fingerprint density at radius 3 is 2.44 bits per heavy atom. The number of thiazole rings is 1. The lowest BCUT2D eigenvalue weighted by molar-refractivity contribution is -0.146. The maximum Gasteiger partial charge on any atom is 0.408 e. The zero-order chi connectivity index (χ0) is 44.8. The number of nitrogens with one attached hydrogen (secondary N) is 3. The molecule has 2 aliphatic heterocycles. The molecule has 3 aromatic rings. The number of carbonyl (C=O) groups excluding carboxylic acids is 3. The highest BCUT2D eigenvalue weighted by atomic mass is 35.5. The van der Waals surface area contributed by atoms with E-state index in [1.165, 1.54) is 48.0 Å². The molecule has 1 aromatic carbocycles. The number of aromatic nitrogens is 2. The van der Waals surface area contributed by atoms with E-state index in [-0.39, 0.29) is 31.5 Å². The number of carboxylic acid groups (broad SMARTS) is 1. The third-order valence-electron chi connectivity index (χ3n) is 13.2. The number of fused-ring (bicyclic) bond motifs is 2. The number of aliphatic carboxylic acids is 1. The molecule has 3 amide bonds. The Hall–Kier alpha value is -4.67. The normalized spacial score (nSPS) is 27.1. The second-order valence-corrected chi connectivity index (χ2v) is 20.6. The average Bonchev–Trinajstić information content (AvgIpc) is 3.91. The van der Waals surface area contributed by atoms with Gasteiger partial charge in [0, 0.05) is 41.8 Å². The van der Waals surface area contributed by atoms with E-state index in [0.29, 0.717) is 57.3 Å². The maximum absolute atomic E-state index is 14.8. The first-order valence-electron chi connectivity index (χ1n) is 22.4. The molecule has 2 aromatic heterocycles. The molecule has 0 bridgehead atoms. The molecule has 0 radical (unpaired) electrons. The summed E-state index contributed by atoms with van der Waals surface area (Å²) in [5.41, 5.74) is -0.784. The number of hydrogen-bond acceptors (Lipinski definition) is 12. The van der Waals surface area contributed by atoms with E-state index in [9.17, 15) is 24.3 Å². The molecule has 3 saturated carbocycles. The Kier molecular flexibility index (Phi) is 12.9. The van der Waals surface area contributed by atoms with Gasteiger partial charge in [0.15, 0.2) is 5.13 Å². The van der Waals surface area contributed by atoms with Crippen LogP contribution in [0.2, 0.25) is 5.02 Å². The van der Waals surface area contributed by atoms with Crippen molar-refractivity contribution in [1.29, 1.82) is 0 Å². The fourth-order valence-electron chi connectivity index (χ4n) is 9.47. The molecule has 2 unspecified atom stereocenters. The fraction of sp³-hybridized carbons (Fsp3) is 0.609. The van der Waals surface area contributed by atoms with Crippen LogP contribution in [-0.4, -0.2) is 117 Å². The van der Waals surface area contributed by atoms with E-state index in [4.69, 9.17) is 35.8 Å². The number of likely N-dealkylation sites (tertiary alicyclic amines) is 2. The molecule has 17 heteroatoms. The SMILES string of the molecule is C=C[C@@H]1C[C@]1(NC(=O)[C@@H]1CC(Oc2cc(-c3csc(NC(C)C)n3)nc3c(Cl)c(OCCN4CCCCC4)ccc23)CN1C(=O)[C@@H](NC(=O)OC1C[C@@H]2C[C@@H]2C1)C(C)(C)C)C(=O)O. The molecule has 63 heavy (non-hydrogen) atoms. The first-order valence-corrected chi connectivity index (χ1v) is 23.6. The van der Waals surface area contributed by atoms with Crippen molar-refractivity contribution in [1.82, 2.24) is 30.4 Å². The van der Waals surface area contributed by atoms with Crippen LogP contribution in [0.15, 0.2) is 36.2 Å². The third-order valence-corrected chi connectivity index (χ3v) is 14.3. The number of carbonyl (C=O) groups is 4. The van der Waals surface area contributed by atoms with Gasteiger partial charge in [0.05, 0.1) is 17.8 Å². The molecular formula is C46H60ClN7O8S. The van der Waals surface area contributed by atoms with Crippen LogP contribution in [-0.2, 0) is 19.1 Å². The van der Waals surface area contributed by atoms with Crippen LogP contribution < -0.4 is 25.4 Å². The lowest BCUT2D eigenvalue weighted by atomic mass is 9.85. The molecule has 3 aliphatic carbocycles. The number of rotatable bonds is 16. The highest BCUT2D eigenvalue weighted by Crippen LogP contribution is 2.52. The second-order valence-electron chi connectivity index (χ2n) is 19.4. The van der Waals surface area contributed by atoms with Gasteiger partial charge in [-0.25, -0.2) is 19.6 Å². The van der Waals surface area contributed by atoms with Gasteiger partial charge in [0.1, 0.15) is 58.7 Å². The third kappa shape index (κ3) is 9.87. The highest BCUT2D eigenvalue weighted by molar-refractivity contribution is 7.14. The van der Waals surface area contributed by atoms with Gasteiger partial charge in [-0.15, -0.1) is 17.9 Å². The van der Waals surface area contributed by atoms with E-state index in [0.717, 1.165) is 37.6 Å². The number of piperidine rings is 1. The quantitative estimate of drug-likeness (QED) is 0.107. The molecule has 5 aliphatic rings. The van der Waals surface area contributed by atoms with E-state index in [1.807, 2.05) is 46.1 Å². The summed E-state index contributed by atoms with van der Waals surface area (Å²) in [6.07, 6.45) is 6.51. The molecule has 340 valence electrons. The van der Waals surface area contributed by atoms with Gasteiger partial charge >= 0.3 is 12.1 Å². The van der Waals surface area contributed by atoms with Gasteiger partial charge in [0.25, 0.3) is 0 Å². The summed E-state index contributed by atoms with van der Waals surface area (Å²) < 4.78 is 18.8. The largest absolute Gasteiger partial charge is 0.491 e. The minimum Gasteiger partial charge on any atom is -0.491 e. The molecule has 8 atom stereocenters. The summed E-state index contributed by atoms with van der Waals surface area (Å²) >= 11 is 8.57. The van der Waals surface area contributed by atoms with Gasteiger partial charge in [-0.3, -0.25) is 14.5 Å². The number of benzene rings is 1. The predicted molar refractivity (Wildman–Crippen MR) is 241 cm³/mol. The Morgan fingerprint density at radius 2 is 1.78 bits per heavy atom. The molecule has 15 nitrogen and oxygen atoms in total. The minimum absolute atomic E-state index is 0.0297. The number of carboxylic acids is 1. The number of amides is 3. The Labute approximate surface area is 377 Å². The predicted octanol–water partition coefficient (Wildman–Crippen LogP) is 7.13. The summed E-state index contributed by atoms with van der Waals surface area (Å²) in [4.78, 5) is 68.5. The highest BCUT2D eigenvalue weighted by Gasteiger charge is 2.61. The Balaban J connectivity index is 1.09. The van der Waals surface area contributed by atoms with Gasteiger partial charge in [-0.1, -0.05) is 44.9 Å². The monoisotopic (exact) mass is 905 g/mol. The van der Waals surface area contributed by atoms with Crippen LogP contribution in [0.25, 0.3) is 22.3 Å². The number of alkyl carbamates (subject to hydrolysis) is 1. The average molecular weight is 907 g/mol. The summed E-state index contributed by atoms with van der Waals surface area (Å²) in [6.45, 7) is 16.6. The van der Waals surface area contributed by atoms with Crippen LogP contribution in [0, 0.1) is 23.2 Å². The lowest BCUT2D eigenvalue weighted by Gasteiger charge is -2.35. The molecule has 0 spiro atoms. The van der Waals surface area contributed by atoms with E-state index in [2.05, 4.69) is 27.4 Å². The summed E-state index contributed by atoms with van der Waals surface area (Å²) in [5.74, 6) is -0.708. The Morgan fingerprint density at radius 1 is 1.03 bits per heavy atom. The number of anilines is 1. The van der Waals surface area contributed by atoms with Crippen molar-refractivity contribution in [2.45, 2.75) is 122 Å². The topological polar surface area (TPSA) is 185 Å². The maximum atomic E-state index is 14.8. The van der Waals surface area contributed by atoms with E-state index >= 15 is 0 Å². The molecule has 8 rings (SSSR count). The van der Waals surface area contributed by atoms with Crippen LogP contribution >= 0.6 is 22.9 Å². The second kappa shape index (κ2) is 18.1. The van der Waals surface area contributed by atoms with Crippen molar-refractivity contribution in [2.24, 2.45) is 23.2 Å². The number of pyridine rings is 1. The van der Waals surface area contributed by atoms with Crippen molar-refractivity contribution in [3.05, 3.63) is 41.3 Å². The van der Waals surface area contributed by atoms with Gasteiger partial charge in [-0.2, -0.15) is 0 Å². The standard InChI is InChI=1S/C46H60ClN7O8S/c1-7-28-22-46(28,42(57)58)52-40(55)34-20-30(23-54(34)41(56)39(45(4,5)6)51-44(59)62-29-18-26-17-27(26)19-29)61-36-21-32(33-24-63-43(50-33)48-25(2)3)49-38-31(36)11-12-35(37(38)47)60-16-15-53-13-9-8-10-14-53/h7,11-12,21,24-30,34,39H,1,8-10,13-20,22-23H2,2-6H3,(H,48,50)(H,51,59)(H,52,55)(H,57,58)/t26-,27+,28-,29?,30?,34+,39-,46-/m1/s1. The van der Waals surface area contributed by atoms with Gasteiger partial charge in [-0.05, 0) is 94.8 Å². The number of nitrogens with zero attached hydrogens (tertiary/aromatic N) is 4.